The molecule has 0 amide bonds. The maximum atomic E-state index is 13.6. The molecule has 1 aliphatic heterocycles. The molecule has 1 unspecified atom stereocenters. The lowest BCUT2D eigenvalue weighted by Crippen LogP contribution is -2.43. The lowest BCUT2D eigenvalue weighted by atomic mass is 10.2. The topological polar surface area (TPSA) is 67.6 Å². The maximum absolute atomic E-state index is 13.6. The van der Waals surface area contributed by atoms with E-state index in [1.165, 1.54) is 12.1 Å². The number of benzene rings is 1. The third-order valence-electron chi connectivity index (χ3n) is 3.03. The first-order valence-corrected chi connectivity index (χ1v) is 6.04. The normalized spacial score (nSPS) is 20.2. The molecule has 0 radical (unpaired) electrons. The van der Waals surface area contributed by atoms with Gasteiger partial charge in [0.05, 0.1) is 29.4 Å². The quantitative estimate of drug-likeness (QED) is 0.662. The van der Waals surface area contributed by atoms with Crippen LogP contribution in [0, 0.1) is 15.9 Å². The minimum Gasteiger partial charge on any atom is -0.380 e. The first-order valence-electron chi connectivity index (χ1n) is 6.04. The van der Waals surface area contributed by atoms with Gasteiger partial charge in [-0.2, -0.15) is 0 Å². The number of nitro groups is 1. The van der Waals surface area contributed by atoms with E-state index in [9.17, 15) is 14.5 Å². The smallest absolute Gasteiger partial charge is 0.272 e. The number of halogens is 1. The largest absolute Gasteiger partial charge is 0.380 e. The van der Waals surface area contributed by atoms with Crippen LogP contribution in [0.3, 0.4) is 0 Å². The summed E-state index contributed by atoms with van der Waals surface area (Å²) >= 11 is 0. The molecule has 1 atom stereocenters. The Morgan fingerprint density at radius 1 is 1.63 bits per heavy atom. The van der Waals surface area contributed by atoms with E-state index in [1.807, 2.05) is 7.05 Å². The summed E-state index contributed by atoms with van der Waals surface area (Å²) in [6.45, 7) is 2.80. The summed E-state index contributed by atoms with van der Waals surface area (Å²) in [4.78, 5) is 12.0. The summed E-state index contributed by atoms with van der Waals surface area (Å²) < 4.78 is 19.2. The van der Waals surface area contributed by atoms with Gasteiger partial charge in [0.15, 0.2) is 5.82 Å². The van der Waals surface area contributed by atoms with Crippen LogP contribution in [0.2, 0.25) is 0 Å². The molecule has 0 aliphatic carbocycles. The molecule has 1 fully saturated rings. The van der Waals surface area contributed by atoms with Gasteiger partial charge in [0, 0.05) is 25.7 Å². The number of rotatable bonds is 4. The lowest BCUT2D eigenvalue weighted by molar-refractivity contribution is -0.385. The summed E-state index contributed by atoms with van der Waals surface area (Å²) in [5.41, 5.74) is -0.000809. The molecule has 104 valence electrons. The molecular formula is C12H16FN3O3. The van der Waals surface area contributed by atoms with E-state index in [-0.39, 0.29) is 17.5 Å². The van der Waals surface area contributed by atoms with Crippen LogP contribution in [0.5, 0.6) is 0 Å². The Bertz CT molecular complexity index is 470. The molecule has 0 bridgehead atoms. The molecule has 1 N–H and O–H groups in total. The standard InChI is InChI=1S/C12H16FN3O3/c1-15-4-5-19-10(8-15)7-14-12-3-2-9(16(17)18)6-11(12)13/h2-3,6,10,14H,4-5,7-8H2,1H3. The van der Waals surface area contributed by atoms with E-state index in [4.69, 9.17) is 4.74 Å². The van der Waals surface area contributed by atoms with Crippen molar-refractivity contribution < 1.29 is 14.1 Å². The third kappa shape index (κ3) is 3.62. The molecule has 1 aliphatic rings. The SMILES string of the molecule is CN1CCOC(CNc2ccc([N+](=O)[O-])cc2F)C1. The second kappa shape index (κ2) is 5.94. The first-order chi connectivity index (χ1) is 9.06. The van der Waals surface area contributed by atoms with Gasteiger partial charge in [0.25, 0.3) is 5.69 Å². The molecule has 1 aromatic rings. The number of likely N-dealkylation sites (N-methyl/N-ethyl adjacent to an activating group) is 1. The van der Waals surface area contributed by atoms with Crippen LogP contribution in [0.15, 0.2) is 18.2 Å². The van der Waals surface area contributed by atoms with Crippen molar-refractivity contribution >= 4 is 11.4 Å². The van der Waals surface area contributed by atoms with Crippen molar-refractivity contribution in [3.05, 3.63) is 34.1 Å². The minimum atomic E-state index is -0.627. The minimum absolute atomic E-state index is 0.00616. The molecule has 1 saturated heterocycles. The molecular weight excluding hydrogens is 253 g/mol. The van der Waals surface area contributed by atoms with Gasteiger partial charge in [0.2, 0.25) is 0 Å². The van der Waals surface area contributed by atoms with E-state index in [0.717, 1.165) is 19.2 Å². The van der Waals surface area contributed by atoms with E-state index >= 15 is 0 Å². The molecule has 7 heteroatoms. The van der Waals surface area contributed by atoms with Crippen LogP contribution in [0.1, 0.15) is 0 Å². The van der Waals surface area contributed by atoms with Gasteiger partial charge < -0.3 is 15.0 Å². The number of ether oxygens (including phenoxy) is 1. The van der Waals surface area contributed by atoms with Crippen LogP contribution < -0.4 is 5.32 Å². The number of non-ortho nitro benzene ring substituents is 1. The van der Waals surface area contributed by atoms with Crippen LogP contribution in [0.25, 0.3) is 0 Å². The highest BCUT2D eigenvalue weighted by atomic mass is 19.1. The van der Waals surface area contributed by atoms with Gasteiger partial charge in [-0.25, -0.2) is 4.39 Å². The van der Waals surface area contributed by atoms with Gasteiger partial charge in [-0.1, -0.05) is 0 Å². The number of hydrogen-bond donors (Lipinski definition) is 1. The number of anilines is 1. The van der Waals surface area contributed by atoms with Gasteiger partial charge in [0.1, 0.15) is 0 Å². The predicted octanol–water partition coefficient (Wildman–Crippen LogP) is 1.48. The highest BCUT2D eigenvalue weighted by molar-refractivity contribution is 5.50. The summed E-state index contributed by atoms with van der Waals surface area (Å²) in [5, 5.41) is 13.4. The zero-order chi connectivity index (χ0) is 13.8. The molecule has 19 heavy (non-hydrogen) atoms. The third-order valence-corrected chi connectivity index (χ3v) is 3.03. The van der Waals surface area contributed by atoms with Crippen molar-refractivity contribution in [3.63, 3.8) is 0 Å². The average Bonchev–Trinajstić information content (AvgIpc) is 2.37. The molecule has 2 rings (SSSR count). The van der Waals surface area contributed by atoms with Gasteiger partial charge in [-0.15, -0.1) is 0 Å². The Morgan fingerprint density at radius 2 is 2.42 bits per heavy atom. The Labute approximate surface area is 110 Å². The van der Waals surface area contributed by atoms with Crippen molar-refractivity contribution in [1.82, 2.24) is 4.90 Å². The molecule has 1 aromatic carbocycles. The van der Waals surface area contributed by atoms with Crippen LogP contribution >= 0.6 is 0 Å². The fourth-order valence-electron chi connectivity index (χ4n) is 1.98. The molecule has 0 saturated carbocycles. The predicted molar refractivity (Wildman–Crippen MR) is 68.8 cm³/mol. The fraction of sp³-hybridized carbons (Fsp3) is 0.500. The summed E-state index contributed by atoms with van der Waals surface area (Å²) in [6.07, 6.45) is -0.00616. The number of nitro benzene ring substituents is 1. The van der Waals surface area contributed by atoms with E-state index in [0.29, 0.717) is 13.2 Å². The fourth-order valence-corrected chi connectivity index (χ4v) is 1.98. The number of nitrogens with one attached hydrogen (secondary N) is 1. The monoisotopic (exact) mass is 269 g/mol. The summed E-state index contributed by atoms with van der Waals surface area (Å²) in [7, 11) is 2.00. The number of hydrogen-bond acceptors (Lipinski definition) is 5. The molecule has 0 aromatic heterocycles. The first kappa shape index (κ1) is 13.7. The van der Waals surface area contributed by atoms with E-state index in [2.05, 4.69) is 10.2 Å². The van der Waals surface area contributed by atoms with E-state index < -0.39 is 10.7 Å². The van der Waals surface area contributed by atoms with Crippen LogP contribution in [-0.4, -0.2) is 49.2 Å². The number of morpholine rings is 1. The van der Waals surface area contributed by atoms with Crippen molar-refractivity contribution in [2.75, 3.05) is 38.6 Å². The Hall–Kier alpha value is -1.73. The van der Waals surface area contributed by atoms with Crippen molar-refractivity contribution in [3.8, 4) is 0 Å². The van der Waals surface area contributed by atoms with E-state index in [1.54, 1.807) is 0 Å². The lowest BCUT2D eigenvalue weighted by Gasteiger charge is -2.30. The molecule has 6 nitrogen and oxygen atoms in total. The van der Waals surface area contributed by atoms with Gasteiger partial charge >= 0.3 is 0 Å². The average molecular weight is 269 g/mol. The zero-order valence-electron chi connectivity index (χ0n) is 10.6. The Kier molecular flexibility index (Phi) is 4.28. The van der Waals surface area contributed by atoms with Gasteiger partial charge in [-0.05, 0) is 13.1 Å². The van der Waals surface area contributed by atoms with Crippen LogP contribution in [0.4, 0.5) is 15.8 Å². The Morgan fingerprint density at radius 3 is 3.05 bits per heavy atom. The second-order valence-corrected chi connectivity index (χ2v) is 4.56. The Balaban J connectivity index is 1.94. The zero-order valence-corrected chi connectivity index (χ0v) is 10.6. The number of nitrogens with zero attached hydrogens (tertiary/aromatic N) is 2. The second-order valence-electron chi connectivity index (χ2n) is 4.56. The maximum Gasteiger partial charge on any atom is 0.272 e. The highest BCUT2D eigenvalue weighted by Gasteiger charge is 2.18. The highest BCUT2D eigenvalue weighted by Crippen LogP contribution is 2.20. The van der Waals surface area contributed by atoms with Crippen LogP contribution in [-0.2, 0) is 4.74 Å². The van der Waals surface area contributed by atoms with Crippen molar-refractivity contribution in [2.45, 2.75) is 6.10 Å². The summed E-state index contributed by atoms with van der Waals surface area (Å²) in [5.74, 6) is -0.627. The van der Waals surface area contributed by atoms with Crippen molar-refractivity contribution in [1.29, 1.82) is 0 Å². The summed E-state index contributed by atoms with van der Waals surface area (Å²) in [6, 6.07) is 3.56. The molecule has 1 heterocycles. The molecule has 0 spiro atoms. The van der Waals surface area contributed by atoms with Gasteiger partial charge in [-0.3, -0.25) is 10.1 Å². The van der Waals surface area contributed by atoms with Crippen molar-refractivity contribution in [2.24, 2.45) is 0 Å².